The second kappa shape index (κ2) is 17.5. The molecule has 0 spiro atoms. The third-order valence-electron chi connectivity index (χ3n) is 8.91. The summed E-state index contributed by atoms with van der Waals surface area (Å²) in [6.45, 7) is 2.89. The summed E-state index contributed by atoms with van der Waals surface area (Å²) < 4.78 is 34.3. The number of H-pyrrole nitrogens is 1. The topological polar surface area (TPSA) is 121 Å². The van der Waals surface area contributed by atoms with Gasteiger partial charge in [0.15, 0.2) is 0 Å². The van der Waals surface area contributed by atoms with Crippen LogP contribution in [0.3, 0.4) is 0 Å². The predicted molar refractivity (Wildman–Crippen MR) is 191 cm³/mol. The van der Waals surface area contributed by atoms with Gasteiger partial charge in [0.2, 0.25) is 5.82 Å². The van der Waals surface area contributed by atoms with Crippen molar-refractivity contribution in [1.29, 1.82) is 0 Å². The predicted octanol–water partition coefficient (Wildman–Crippen LogP) is 7.06. The maximum Gasteiger partial charge on any atom is 0.410 e. The first-order valence-electron chi connectivity index (χ1n) is 17.1. The number of aromatic amines is 1. The van der Waals surface area contributed by atoms with Crippen LogP contribution < -0.4 is 9.47 Å². The number of benzene rings is 4. The zero-order chi connectivity index (χ0) is 35.4. The lowest BCUT2D eigenvalue weighted by molar-refractivity contribution is -0.0243. The van der Waals surface area contributed by atoms with E-state index >= 15 is 0 Å². The van der Waals surface area contributed by atoms with E-state index in [-0.39, 0.29) is 37.2 Å². The molecule has 5 aromatic rings. The van der Waals surface area contributed by atoms with Gasteiger partial charge in [0.25, 0.3) is 0 Å². The van der Waals surface area contributed by atoms with Gasteiger partial charge in [-0.15, -0.1) is 0 Å². The lowest BCUT2D eigenvalue weighted by Gasteiger charge is -2.38. The minimum atomic E-state index is -0.542. The fourth-order valence-electron chi connectivity index (χ4n) is 6.21. The van der Waals surface area contributed by atoms with Crippen LogP contribution >= 0.6 is 0 Å². The summed E-state index contributed by atoms with van der Waals surface area (Å²) in [4.78, 5) is 34.5. The molecule has 1 aromatic heterocycles. The Morgan fingerprint density at radius 3 is 2.43 bits per heavy atom. The van der Waals surface area contributed by atoms with E-state index in [0.717, 1.165) is 40.2 Å². The monoisotopic (exact) mass is 693 g/mol. The number of piperidine rings is 1. The van der Waals surface area contributed by atoms with Crippen LogP contribution in [-0.2, 0) is 38.8 Å². The van der Waals surface area contributed by atoms with Crippen molar-refractivity contribution in [1.82, 2.24) is 14.9 Å². The standard InChI is InChI=1S/C40H43N3O8/c1-46-35-15-7-6-12-30(35)26-48-22-9-23-49-32-18-16-29(17-19-32)33-20-21-43(40(45)51-25-28-10-4-3-5-11-28)24-36(33)50-27-31-13-8-14-34-37(31)42-38(41-34)39(44)47-2/h3-8,10-19,33,36H,9,20-27H2,1-2H3,(H,41,42). The number of para-hydroxylation sites is 2. The molecule has 11 nitrogen and oxygen atoms in total. The van der Waals surface area contributed by atoms with Crippen LogP contribution in [0.2, 0.25) is 0 Å². The number of imidazole rings is 1. The van der Waals surface area contributed by atoms with Crippen molar-refractivity contribution in [2.24, 2.45) is 0 Å². The van der Waals surface area contributed by atoms with Crippen LogP contribution in [0, 0.1) is 0 Å². The summed E-state index contributed by atoms with van der Waals surface area (Å²) in [5, 5.41) is 0. The molecule has 0 radical (unpaired) electrons. The minimum Gasteiger partial charge on any atom is -0.496 e. The number of esters is 1. The van der Waals surface area contributed by atoms with Gasteiger partial charge in [-0.1, -0.05) is 72.8 Å². The molecule has 1 aliphatic heterocycles. The number of rotatable bonds is 15. The van der Waals surface area contributed by atoms with E-state index in [2.05, 4.69) is 22.1 Å². The number of aromatic nitrogens is 2. The molecule has 1 amide bonds. The van der Waals surface area contributed by atoms with Crippen molar-refractivity contribution < 1.29 is 38.0 Å². The third kappa shape index (κ3) is 9.24. The maximum atomic E-state index is 13.2. The number of fused-ring (bicyclic) bond motifs is 1. The second-order valence-electron chi connectivity index (χ2n) is 12.3. The Morgan fingerprint density at radius 1 is 0.843 bits per heavy atom. The van der Waals surface area contributed by atoms with E-state index in [4.69, 9.17) is 28.4 Å². The van der Waals surface area contributed by atoms with Crippen LogP contribution in [0.15, 0.2) is 97.1 Å². The molecule has 1 saturated heterocycles. The maximum absolute atomic E-state index is 13.2. The highest BCUT2D eigenvalue weighted by Gasteiger charge is 2.34. The molecule has 11 heteroatoms. The average Bonchev–Trinajstić information content (AvgIpc) is 3.63. The van der Waals surface area contributed by atoms with E-state index in [1.54, 1.807) is 12.0 Å². The molecule has 51 heavy (non-hydrogen) atoms. The van der Waals surface area contributed by atoms with Gasteiger partial charge in [0.1, 0.15) is 18.1 Å². The number of carbonyl (C=O) groups excluding carboxylic acids is 2. The molecular formula is C40H43N3O8. The summed E-state index contributed by atoms with van der Waals surface area (Å²) in [5.41, 5.74) is 5.19. The number of methoxy groups -OCH3 is 2. The molecule has 2 heterocycles. The van der Waals surface area contributed by atoms with Crippen molar-refractivity contribution in [3.8, 4) is 11.5 Å². The quantitative estimate of drug-likeness (QED) is 0.0908. The Hall–Kier alpha value is -5.39. The lowest BCUT2D eigenvalue weighted by Crippen LogP contribution is -2.47. The smallest absolute Gasteiger partial charge is 0.410 e. The highest BCUT2D eigenvalue weighted by molar-refractivity contribution is 5.91. The van der Waals surface area contributed by atoms with Crippen LogP contribution in [0.1, 0.15) is 51.6 Å². The molecule has 2 unspecified atom stereocenters. The molecule has 0 aliphatic carbocycles. The molecule has 1 N–H and O–H groups in total. The summed E-state index contributed by atoms with van der Waals surface area (Å²) in [6, 6.07) is 31.2. The highest BCUT2D eigenvalue weighted by atomic mass is 16.6. The largest absolute Gasteiger partial charge is 0.496 e. The first kappa shape index (κ1) is 35.4. The normalized spacial score (nSPS) is 15.8. The molecule has 1 aliphatic rings. The number of hydrogen-bond donors (Lipinski definition) is 1. The Bertz CT molecular complexity index is 1880. The summed E-state index contributed by atoms with van der Waals surface area (Å²) in [5.74, 6) is 1.20. The average molecular weight is 694 g/mol. The molecular weight excluding hydrogens is 650 g/mol. The fourth-order valence-corrected chi connectivity index (χ4v) is 6.21. The Labute approximate surface area is 297 Å². The van der Waals surface area contributed by atoms with Crippen molar-refractivity contribution in [3.63, 3.8) is 0 Å². The van der Waals surface area contributed by atoms with Crippen molar-refractivity contribution >= 4 is 23.1 Å². The number of hydrogen-bond acceptors (Lipinski definition) is 9. The van der Waals surface area contributed by atoms with E-state index in [1.807, 2.05) is 84.9 Å². The molecule has 0 saturated carbocycles. The van der Waals surface area contributed by atoms with E-state index in [9.17, 15) is 9.59 Å². The fraction of sp³-hybridized carbons (Fsp3) is 0.325. The molecule has 1 fully saturated rings. The minimum absolute atomic E-state index is 0.0182. The summed E-state index contributed by atoms with van der Waals surface area (Å²) >= 11 is 0. The first-order chi connectivity index (χ1) is 25.0. The van der Waals surface area contributed by atoms with Crippen LogP contribution in [0.25, 0.3) is 11.0 Å². The second-order valence-corrected chi connectivity index (χ2v) is 12.3. The van der Waals surface area contributed by atoms with Crippen molar-refractivity contribution in [3.05, 3.63) is 125 Å². The van der Waals surface area contributed by atoms with Gasteiger partial charge >= 0.3 is 12.1 Å². The molecule has 2 atom stereocenters. The van der Waals surface area contributed by atoms with E-state index in [1.165, 1.54) is 7.11 Å². The summed E-state index contributed by atoms with van der Waals surface area (Å²) in [6.07, 6.45) is 0.729. The number of carbonyl (C=O) groups is 2. The van der Waals surface area contributed by atoms with Gasteiger partial charge in [0, 0.05) is 30.0 Å². The van der Waals surface area contributed by atoms with Gasteiger partial charge in [-0.05, 0) is 41.8 Å². The first-order valence-corrected chi connectivity index (χ1v) is 17.1. The van der Waals surface area contributed by atoms with Gasteiger partial charge < -0.3 is 38.3 Å². The van der Waals surface area contributed by atoms with Gasteiger partial charge in [-0.25, -0.2) is 14.6 Å². The number of likely N-dealkylation sites (tertiary alicyclic amines) is 1. The number of ether oxygens (including phenoxy) is 6. The third-order valence-corrected chi connectivity index (χ3v) is 8.91. The van der Waals surface area contributed by atoms with Crippen LogP contribution in [0.5, 0.6) is 11.5 Å². The Balaban J connectivity index is 1.08. The van der Waals surface area contributed by atoms with Crippen LogP contribution in [0.4, 0.5) is 4.79 Å². The number of nitrogens with one attached hydrogen (secondary N) is 1. The Morgan fingerprint density at radius 2 is 1.63 bits per heavy atom. The Kier molecular flexibility index (Phi) is 12.2. The van der Waals surface area contributed by atoms with Crippen LogP contribution in [-0.4, -0.2) is 73.6 Å². The zero-order valence-corrected chi connectivity index (χ0v) is 28.9. The zero-order valence-electron chi connectivity index (χ0n) is 28.9. The molecule has 6 rings (SSSR count). The van der Waals surface area contributed by atoms with E-state index in [0.29, 0.717) is 50.4 Å². The van der Waals surface area contributed by atoms with Gasteiger partial charge in [-0.2, -0.15) is 0 Å². The molecule has 266 valence electrons. The lowest BCUT2D eigenvalue weighted by atomic mass is 9.87. The van der Waals surface area contributed by atoms with Crippen molar-refractivity contribution in [2.75, 3.05) is 40.5 Å². The van der Waals surface area contributed by atoms with Gasteiger partial charge in [-0.3, -0.25) is 0 Å². The number of amides is 1. The SMILES string of the molecule is COC(=O)c1nc2c(COC3CN(C(=O)OCc4ccccc4)CCC3c3ccc(OCCCOCc4ccccc4OC)cc3)cccc2[nH]1. The number of nitrogens with zero attached hydrogens (tertiary/aromatic N) is 2. The molecule has 4 aromatic carbocycles. The van der Waals surface area contributed by atoms with Gasteiger partial charge in [0.05, 0.1) is 64.3 Å². The highest BCUT2D eigenvalue weighted by Crippen LogP contribution is 2.33. The van der Waals surface area contributed by atoms with E-state index < -0.39 is 5.97 Å². The molecule has 0 bridgehead atoms. The van der Waals surface area contributed by atoms with Crippen molar-refractivity contribution in [2.45, 2.75) is 44.7 Å². The summed E-state index contributed by atoms with van der Waals surface area (Å²) in [7, 11) is 2.98.